The molecular formula is C16H24N2O. The van der Waals surface area contributed by atoms with Gasteiger partial charge in [0, 0.05) is 6.54 Å². The zero-order valence-corrected chi connectivity index (χ0v) is 12.3. The van der Waals surface area contributed by atoms with Crippen LogP contribution in [0, 0.1) is 0 Å². The van der Waals surface area contributed by atoms with Gasteiger partial charge >= 0.3 is 6.03 Å². The first-order valence-corrected chi connectivity index (χ1v) is 6.69. The van der Waals surface area contributed by atoms with Crippen LogP contribution >= 0.6 is 0 Å². The van der Waals surface area contributed by atoms with Gasteiger partial charge in [0.2, 0.25) is 0 Å². The summed E-state index contributed by atoms with van der Waals surface area (Å²) in [6.07, 6.45) is 0.930. The Bertz CT molecular complexity index is 464. The summed E-state index contributed by atoms with van der Waals surface area (Å²) in [4.78, 5) is 11.8. The zero-order valence-electron chi connectivity index (χ0n) is 12.3. The van der Waals surface area contributed by atoms with Crippen molar-refractivity contribution in [3.05, 3.63) is 42.0 Å². The van der Waals surface area contributed by atoms with Crippen molar-refractivity contribution in [2.75, 3.05) is 6.54 Å². The van der Waals surface area contributed by atoms with E-state index in [0.29, 0.717) is 6.54 Å². The van der Waals surface area contributed by atoms with E-state index in [4.69, 9.17) is 0 Å². The molecule has 0 saturated carbocycles. The summed E-state index contributed by atoms with van der Waals surface area (Å²) in [5.41, 5.74) is 2.78. The van der Waals surface area contributed by atoms with E-state index in [1.807, 2.05) is 45.9 Å². The summed E-state index contributed by atoms with van der Waals surface area (Å²) >= 11 is 0. The molecule has 1 aromatic rings. The van der Waals surface area contributed by atoms with Crippen LogP contribution in [0.3, 0.4) is 0 Å². The minimum Gasteiger partial charge on any atom is -0.338 e. The number of carbonyl (C=O) groups is 1. The molecule has 0 heterocycles. The van der Waals surface area contributed by atoms with Crippen LogP contribution in [0.2, 0.25) is 0 Å². The van der Waals surface area contributed by atoms with Crippen molar-refractivity contribution in [1.82, 2.24) is 10.6 Å². The summed E-state index contributed by atoms with van der Waals surface area (Å²) < 4.78 is 0. The smallest absolute Gasteiger partial charge is 0.315 e. The van der Waals surface area contributed by atoms with Gasteiger partial charge in [-0.3, -0.25) is 0 Å². The lowest BCUT2D eigenvalue weighted by molar-refractivity contribution is 0.230. The van der Waals surface area contributed by atoms with Crippen molar-refractivity contribution in [3.63, 3.8) is 0 Å². The molecule has 0 spiro atoms. The lowest BCUT2D eigenvalue weighted by Crippen LogP contribution is -2.46. The molecule has 0 saturated heterocycles. The molecular weight excluding hydrogens is 236 g/mol. The Hall–Kier alpha value is -1.77. The Morgan fingerprint density at radius 3 is 2.63 bits per heavy atom. The van der Waals surface area contributed by atoms with Gasteiger partial charge in [0.1, 0.15) is 0 Å². The second-order valence-electron chi connectivity index (χ2n) is 5.37. The highest BCUT2D eigenvalue weighted by molar-refractivity contribution is 5.75. The second kappa shape index (κ2) is 6.41. The van der Waals surface area contributed by atoms with Crippen molar-refractivity contribution >= 4 is 11.6 Å². The van der Waals surface area contributed by atoms with Crippen molar-refractivity contribution < 1.29 is 4.79 Å². The predicted molar refractivity (Wildman–Crippen MR) is 81.0 cm³/mol. The summed E-state index contributed by atoms with van der Waals surface area (Å²) in [6.45, 7) is 12.6. The number of nitrogens with one attached hydrogen (secondary N) is 2. The third kappa shape index (κ3) is 4.43. The van der Waals surface area contributed by atoms with Gasteiger partial charge in [-0.05, 0) is 44.4 Å². The number of hydrogen-bond donors (Lipinski definition) is 2. The summed E-state index contributed by atoms with van der Waals surface area (Å²) in [5.74, 6) is 0. The molecule has 1 aromatic carbocycles. The molecule has 0 aliphatic rings. The molecule has 0 unspecified atom stereocenters. The lowest BCUT2D eigenvalue weighted by atomic mass is 9.92. The highest BCUT2D eigenvalue weighted by Gasteiger charge is 2.22. The Morgan fingerprint density at radius 1 is 1.37 bits per heavy atom. The van der Waals surface area contributed by atoms with Crippen molar-refractivity contribution in [2.24, 2.45) is 0 Å². The fourth-order valence-electron chi connectivity index (χ4n) is 1.81. The molecule has 104 valence electrons. The van der Waals surface area contributed by atoms with E-state index in [1.54, 1.807) is 0 Å². The largest absolute Gasteiger partial charge is 0.338 e. The van der Waals surface area contributed by atoms with Gasteiger partial charge < -0.3 is 10.6 Å². The Labute approximate surface area is 116 Å². The molecule has 2 N–H and O–H groups in total. The van der Waals surface area contributed by atoms with E-state index in [1.165, 1.54) is 0 Å². The first kappa shape index (κ1) is 15.3. The SMILES string of the molecule is C=C(C)c1cccc(C(C)(C)NC(=O)NCCC)c1. The van der Waals surface area contributed by atoms with E-state index in [2.05, 4.69) is 23.3 Å². The van der Waals surface area contributed by atoms with Gasteiger partial charge in [-0.25, -0.2) is 4.79 Å². The summed E-state index contributed by atoms with van der Waals surface area (Å²) in [5, 5.41) is 5.82. The van der Waals surface area contributed by atoms with Crippen LogP contribution in [-0.4, -0.2) is 12.6 Å². The molecule has 3 nitrogen and oxygen atoms in total. The highest BCUT2D eigenvalue weighted by atomic mass is 16.2. The molecule has 0 aliphatic carbocycles. The minimum absolute atomic E-state index is 0.132. The Morgan fingerprint density at radius 2 is 2.05 bits per heavy atom. The fraction of sp³-hybridized carbons (Fsp3) is 0.438. The maximum atomic E-state index is 11.8. The number of rotatable bonds is 5. The van der Waals surface area contributed by atoms with Gasteiger partial charge in [-0.1, -0.05) is 37.3 Å². The summed E-state index contributed by atoms with van der Waals surface area (Å²) in [7, 11) is 0. The van der Waals surface area contributed by atoms with E-state index < -0.39 is 5.54 Å². The lowest BCUT2D eigenvalue weighted by Gasteiger charge is -2.27. The van der Waals surface area contributed by atoms with E-state index in [-0.39, 0.29) is 6.03 Å². The molecule has 0 aliphatic heterocycles. The minimum atomic E-state index is -0.413. The zero-order chi connectivity index (χ0) is 14.5. The quantitative estimate of drug-likeness (QED) is 0.833. The maximum Gasteiger partial charge on any atom is 0.315 e. The van der Waals surface area contributed by atoms with Crippen molar-refractivity contribution in [3.8, 4) is 0 Å². The molecule has 0 aromatic heterocycles. The number of allylic oxidation sites excluding steroid dienone is 1. The molecule has 1 rings (SSSR count). The Balaban J connectivity index is 2.84. The van der Waals surface area contributed by atoms with Crippen LogP contribution in [0.5, 0.6) is 0 Å². The van der Waals surface area contributed by atoms with Crippen LogP contribution in [0.25, 0.3) is 5.57 Å². The van der Waals surface area contributed by atoms with Gasteiger partial charge in [-0.15, -0.1) is 0 Å². The number of urea groups is 1. The average molecular weight is 260 g/mol. The van der Waals surface area contributed by atoms with Gasteiger partial charge in [0.05, 0.1) is 5.54 Å². The third-order valence-electron chi connectivity index (χ3n) is 3.04. The Kier molecular flexibility index (Phi) is 5.16. The normalized spacial score (nSPS) is 10.9. The molecule has 0 fully saturated rings. The van der Waals surface area contributed by atoms with Crippen LogP contribution in [-0.2, 0) is 5.54 Å². The van der Waals surface area contributed by atoms with Gasteiger partial charge in [0.25, 0.3) is 0 Å². The third-order valence-corrected chi connectivity index (χ3v) is 3.04. The first-order valence-electron chi connectivity index (χ1n) is 6.69. The number of benzene rings is 1. The van der Waals surface area contributed by atoms with Gasteiger partial charge in [0.15, 0.2) is 0 Å². The van der Waals surface area contributed by atoms with Crippen LogP contribution in [0.1, 0.15) is 45.2 Å². The van der Waals surface area contributed by atoms with E-state index in [0.717, 1.165) is 23.1 Å². The topological polar surface area (TPSA) is 41.1 Å². The second-order valence-corrected chi connectivity index (χ2v) is 5.37. The fourth-order valence-corrected chi connectivity index (χ4v) is 1.81. The number of carbonyl (C=O) groups excluding carboxylic acids is 1. The van der Waals surface area contributed by atoms with E-state index in [9.17, 15) is 4.79 Å². The van der Waals surface area contributed by atoms with Crippen molar-refractivity contribution in [1.29, 1.82) is 0 Å². The van der Waals surface area contributed by atoms with Crippen molar-refractivity contribution in [2.45, 2.75) is 39.7 Å². The van der Waals surface area contributed by atoms with Crippen LogP contribution in [0.4, 0.5) is 4.79 Å². The maximum absolute atomic E-state index is 11.8. The molecule has 2 amide bonds. The van der Waals surface area contributed by atoms with Gasteiger partial charge in [-0.2, -0.15) is 0 Å². The number of hydrogen-bond acceptors (Lipinski definition) is 1. The average Bonchev–Trinajstić information content (AvgIpc) is 2.36. The standard InChI is InChI=1S/C16H24N2O/c1-6-10-17-15(19)18-16(4,5)14-9-7-8-13(11-14)12(2)3/h7-9,11H,2,6,10H2,1,3-5H3,(H2,17,18,19). The molecule has 0 bridgehead atoms. The highest BCUT2D eigenvalue weighted by Crippen LogP contribution is 2.23. The number of amides is 2. The summed E-state index contributed by atoms with van der Waals surface area (Å²) in [6, 6.07) is 7.98. The van der Waals surface area contributed by atoms with Crippen LogP contribution in [0.15, 0.2) is 30.8 Å². The first-order chi connectivity index (χ1) is 8.86. The molecule has 0 radical (unpaired) electrons. The molecule has 0 atom stereocenters. The predicted octanol–water partition coefficient (Wildman–Crippen LogP) is 3.66. The van der Waals surface area contributed by atoms with Crippen LogP contribution < -0.4 is 10.6 Å². The van der Waals surface area contributed by atoms with E-state index >= 15 is 0 Å². The molecule has 19 heavy (non-hydrogen) atoms. The monoisotopic (exact) mass is 260 g/mol. The molecule has 3 heteroatoms.